The van der Waals surface area contributed by atoms with Crippen LogP contribution in [0, 0.1) is 0 Å². The molecule has 0 unspecified atom stereocenters. The largest absolute Gasteiger partial charge is 0.353 e. The molecule has 2 fully saturated rings. The van der Waals surface area contributed by atoms with Gasteiger partial charge in [0.1, 0.15) is 5.54 Å². The zero-order valence-electron chi connectivity index (χ0n) is 15.1. The zero-order valence-corrected chi connectivity index (χ0v) is 15.1. The van der Waals surface area contributed by atoms with Crippen molar-refractivity contribution in [1.29, 1.82) is 0 Å². The van der Waals surface area contributed by atoms with Crippen LogP contribution in [0.5, 0.6) is 0 Å². The predicted octanol–water partition coefficient (Wildman–Crippen LogP) is -0.0638. The molecule has 0 saturated carbocycles. The highest BCUT2D eigenvalue weighted by Crippen LogP contribution is 2.30. The van der Waals surface area contributed by atoms with E-state index in [0.717, 1.165) is 18.7 Å². The second kappa shape index (κ2) is 7.49. The Kier molecular flexibility index (Phi) is 5.34. The Morgan fingerprint density at radius 3 is 2.60 bits per heavy atom. The third kappa shape index (κ3) is 3.82. The number of hydrogen-bond donors (Lipinski definition) is 1. The lowest BCUT2D eigenvalue weighted by Gasteiger charge is -2.48. The molecule has 25 heavy (non-hydrogen) atoms. The summed E-state index contributed by atoms with van der Waals surface area (Å²) in [5.74, 6) is 0.244. The molecule has 0 bridgehead atoms. The summed E-state index contributed by atoms with van der Waals surface area (Å²) in [6, 6.07) is 3.92. The molecule has 1 aromatic heterocycles. The van der Waals surface area contributed by atoms with Gasteiger partial charge in [-0.3, -0.25) is 24.4 Å². The number of aromatic nitrogens is 1. The maximum absolute atomic E-state index is 12.6. The number of hydrogen-bond acceptors (Lipinski definition) is 5. The lowest BCUT2D eigenvalue weighted by Crippen LogP contribution is -2.67. The first-order chi connectivity index (χ1) is 12.0. The van der Waals surface area contributed by atoms with Crippen LogP contribution in [0.4, 0.5) is 0 Å². The van der Waals surface area contributed by atoms with Crippen LogP contribution in [0.1, 0.15) is 18.4 Å². The van der Waals surface area contributed by atoms with Crippen molar-refractivity contribution >= 4 is 11.8 Å². The van der Waals surface area contributed by atoms with Crippen LogP contribution in [0.25, 0.3) is 0 Å². The molecule has 2 aliphatic rings. The number of rotatable bonds is 4. The van der Waals surface area contributed by atoms with E-state index in [1.54, 1.807) is 12.4 Å². The second-order valence-electron chi connectivity index (χ2n) is 7.12. The van der Waals surface area contributed by atoms with E-state index in [2.05, 4.69) is 15.2 Å². The molecule has 7 heteroatoms. The quantitative estimate of drug-likeness (QED) is 0.828. The Morgan fingerprint density at radius 1 is 1.28 bits per heavy atom. The summed E-state index contributed by atoms with van der Waals surface area (Å²) in [4.78, 5) is 35.0. The molecule has 2 aliphatic heterocycles. The number of amides is 2. The molecule has 1 aromatic rings. The van der Waals surface area contributed by atoms with Gasteiger partial charge in [-0.25, -0.2) is 0 Å². The zero-order chi connectivity index (χ0) is 17.9. The molecular formula is C18H27N5O2. The van der Waals surface area contributed by atoms with E-state index in [9.17, 15) is 9.59 Å². The van der Waals surface area contributed by atoms with Gasteiger partial charge in [-0.15, -0.1) is 0 Å². The predicted molar refractivity (Wildman–Crippen MR) is 94.8 cm³/mol. The molecule has 3 rings (SSSR count). The van der Waals surface area contributed by atoms with Gasteiger partial charge in [0.2, 0.25) is 11.8 Å². The number of nitrogens with zero attached hydrogens (tertiary/aromatic N) is 4. The summed E-state index contributed by atoms with van der Waals surface area (Å²) in [6.45, 7) is 3.96. The van der Waals surface area contributed by atoms with Crippen LogP contribution < -0.4 is 5.32 Å². The van der Waals surface area contributed by atoms with Crippen molar-refractivity contribution in [2.75, 3.05) is 46.8 Å². The standard InChI is InChI=1S/C18H27N5O2/c1-21(13-15-3-7-19-8-4-15)14-16(24)23-10-5-18(6-11-23)17(25)20-9-12-22(18)2/h3-4,7-8H,5-6,9-14H2,1-2H3,(H,20,25). The van der Waals surface area contributed by atoms with Crippen molar-refractivity contribution in [3.63, 3.8) is 0 Å². The van der Waals surface area contributed by atoms with Crippen molar-refractivity contribution in [2.45, 2.75) is 24.9 Å². The Balaban J connectivity index is 1.52. The summed E-state index contributed by atoms with van der Waals surface area (Å²) in [5.41, 5.74) is 0.709. The molecule has 136 valence electrons. The third-order valence-electron chi connectivity index (χ3n) is 5.44. The van der Waals surface area contributed by atoms with Gasteiger partial charge in [-0.1, -0.05) is 0 Å². The topological polar surface area (TPSA) is 68.8 Å². The number of likely N-dealkylation sites (tertiary alicyclic amines) is 1. The highest BCUT2D eigenvalue weighted by atomic mass is 16.2. The Hall–Kier alpha value is -1.99. The first-order valence-electron chi connectivity index (χ1n) is 8.86. The summed E-state index contributed by atoms with van der Waals surface area (Å²) in [6.07, 6.45) is 4.94. The van der Waals surface area contributed by atoms with E-state index in [1.165, 1.54) is 0 Å². The van der Waals surface area contributed by atoms with Gasteiger partial charge in [-0.2, -0.15) is 0 Å². The van der Waals surface area contributed by atoms with Gasteiger partial charge in [-0.05, 0) is 44.6 Å². The number of carbonyl (C=O) groups is 2. The fourth-order valence-corrected chi connectivity index (χ4v) is 3.81. The van der Waals surface area contributed by atoms with Crippen LogP contribution in [0.2, 0.25) is 0 Å². The number of pyridine rings is 1. The Labute approximate surface area is 149 Å². The monoisotopic (exact) mass is 345 g/mol. The van der Waals surface area contributed by atoms with E-state index in [4.69, 9.17) is 0 Å². The lowest BCUT2D eigenvalue weighted by molar-refractivity contribution is -0.145. The van der Waals surface area contributed by atoms with Crippen molar-refractivity contribution in [3.8, 4) is 0 Å². The van der Waals surface area contributed by atoms with E-state index in [0.29, 0.717) is 39.0 Å². The molecule has 1 N–H and O–H groups in total. The average Bonchev–Trinajstić information content (AvgIpc) is 2.61. The average molecular weight is 345 g/mol. The number of likely N-dealkylation sites (N-methyl/N-ethyl adjacent to an activating group) is 2. The highest BCUT2D eigenvalue weighted by Gasteiger charge is 2.46. The highest BCUT2D eigenvalue weighted by molar-refractivity contribution is 5.87. The number of piperazine rings is 1. The normalized spacial score (nSPS) is 20.8. The van der Waals surface area contributed by atoms with Crippen molar-refractivity contribution in [1.82, 2.24) is 25.0 Å². The summed E-state index contributed by atoms with van der Waals surface area (Å²) in [7, 11) is 3.96. The molecule has 2 saturated heterocycles. The molecule has 0 aliphatic carbocycles. The Morgan fingerprint density at radius 2 is 1.96 bits per heavy atom. The van der Waals surface area contributed by atoms with Gasteiger partial charge in [0.15, 0.2) is 0 Å². The fraction of sp³-hybridized carbons (Fsp3) is 0.611. The molecule has 0 radical (unpaired) electrons. The van der Waals surface area contributed by atoms with E-state index >= 15 is 0 Å². The summed E-state index contributed by atoms with van der Waals surface area (Å²) in [5, 5.41) is 2.98. The van der Waals surface area contributed by atoms with Crippen molar-refractivity contribution in [3.05, 3.63) is 30.1 Å². The minimum Gasteiger partial charge on any atom is -0.353 e. The van der Waals surface area contributed by atoms with Crippen LogP contribution >= 0.6 is 0 Å². The van der Waals surface area contributed by atoms with Crippen molar-refractivity contribution < 1.29 is 9.59 Å². The van der Waals surface area contributed by atoms with Crippen LogP contribution in [0.15, 0.2) is 24.5 Å². The lowest BCUT2D eigenvalue weighted by atomic mass is 9.83. The Bertz CT molecular complexity index is 613. The number of carbonyl (C=O) groups excluding carboxylic acids is 2. The molecular weight excluding hydrogens is 318 g/mol. The number of nitrogens with one attached hydrogen (secondary N) is 1. The van der Waals surface area contributed by atoms with E-state index in [1.807, 2.05) is 36.0 Å². The third-order valence-corrected chi connectivity index (χ3v) is 5.44. The van der Waals surface area contributed by atoms with Gasteiger partial charge >= 0.3 is 0 Å². The first-order valence-corrected chi connectivity index (χ1v) is 8.86. The van der Waals surface area contributed by atoms with E-state index in [-0.39, 0.29) is 11.8 Å². The minimum absolute atomic E-state index is 0.114. The van der Waals surface area contributed by atoms with Crippen LogP contribution in [-0.2, 0) is 16.1 Å². The van der Waals surface area contributed by atoms with Crippen molar-refractivity contribution in [2.24, 2.45) is 0 Å². The first kappa shape index (κ1) is 17.8. The van der Waals surface area contributed by atoms with Gasteiger partial charge in [0.05, 0.1) is 6.54 Å². The fourth-order valence-electron chi connectivity index (χ4n) is 3.81. The smallest absolute Gasteiger partial charge is 0.240 e. The molecule has 1 spiro atoms. The summed E-state index contributed by atoms with van der Waals surface area (Å²) < 4.78 is 0. The molecule has 3 heterocycles. The maximum atomic E-state index is 12.6. The van der Waals surface area contributed by atoms with Gasteiger partial charge in [0.25, 0.3) is 0 Å². The number of piperidine rings is 1. The van der Waals surface area contributed by atoms with Crippen LogP contribution in [-0.4, -0.2) is 83.9 Å². The molecule has 0 aromatic carbocycles. The van der Waals surface area contributed by atoms with Gasteiger partial charge in [0, 0.05) is 45.1 Å². The SMILES string of the molecule is CN(CC(=O)N1CCC2(CC1)C(=O)NCCN2C)Cc1ccncc1. The second-order valence-corrected chi connectivity index (χ2v) is 7.12. The summed E-state index contributed by atoms with van der Waals surface area (Å²) >= 11 is 0. The van der Waals surface area contributed by atoms with E-state index < -0.39 is 5.54 Å². The maximum Gasteiger partial charge on any atom is 0.240 e. The molecule has 7 nitrogen and oxygen atoms in total. The van der Waals surface area contributed by atoms with Gasteiger partial charge < -0.3 is 10.2 Å². The molecule has 2 amide bonds. The minimum atomic E-state index is -0.433. The molecule has 0 atom stereocenters. The van der Waals surface area contributed by atoms with Crippen LogP contribution in [0.3, 0.4) is 0 Å².